The zero-order chi connectivity index (χ0) is 19.2. The van der Waals surface area contributed by atoms with Crippen molar-refractivity contribution in [1.29, 1.82) is 0 Å². The first-order valence-electron chi connectivity index (χ1n) is 8.32. The lowest BCUT2D eigenvalue weighted by Gasteiger charge is -2.14. The molecule has 2 aromatic carbocycles. The number of hydrogen-bond donors (Lipinski definition) is 1. The fourth-order valence-electron chi connectivity index (χ4n) is 2.42. The lowest BCUT2D eigenvalue weighted by molar-refractivity contribution is 0.287. The minimum Gasteiger partial charge on any atom is -0.493 e. The summed E-state index contributed by atoms with van der Waals surface area (Å²) in [5.74, 6) is 1.87. The van der Waals surface area contributed by atoms with Gasteiger partial charge in [-0.05, 0) is 35.7 Å². The molecule has 0 aliphatic carbocycles. The number of nitrogens with one attached hydrogen (secondary N) is 1. The molecule has 0 aliphatic rings. The van der Waals surface area contributed by atoms with E-state index in [-0.39, 0.29) is 18.0 Å². The van der Waals surface area contributed by atoms with Crippen molar-refractivity contribution < 1.29 is 22.6 Å². The lowest BCUT2D eigenvalue weighted by Crippen LogP contribution is -2.28. The van der Waals surface area contributed by atoms with Crippen LogP contribution in [0, 0.1) is 0 Å². The van der Waals surface area contributed by atoms with Gasteiger partial charge >= 0.3 is 0 Å². The SMILES string of the molecule is COc1cccc(OCCNS(=O)(=O)c2ccc(C(C)C)cc2)c1OC. The van der Waals surface area contributed by atoms with Gasteiger partial charge in [-0.2, -0.15) is 0 Å². The van der Waals surface area contributed by atoms with Crippen LogP contribution in [0.25, 0.3) is 0 Å². The molecule has 26 heavy (non-hydrogen) atoms. The molecule has 0 saturated heterocycles. The average Bonchev–Trinajstić information content (AvgIpc) is 2.64. The lowest BCUT2D eigenvalue weighted by atomic mass is 10.0. The maximum atomic E-state index is 12.3. The topological polar surface area (TPSA) is 73.9 Å². The molecule has 0 aliphatic heterocycles. The predicted molar refractivity (Wildman–Crippen MR) is 101 cm³/mol. The second kappa shape index (κ2) is 8.91. The second-order valence-corrected chi connectivity index (χ2v) is 7.73. The van der Waals surface area contributed by atoms with Gasteiger partial charge in [0.05, 0.1) is 19.1 Å². The monoisotopic (exact) mass is 379 g/mol. The highest BCUT2D eigenvalue weighted by atomic mass is 32.2. The summed E-state index contributed by atoms with van der Waals surface area (Å²) in [5.41, 5.74) is 1.09. The van der Waals surface area contributed by atoms with Gasteiger partial charge in [0, 0.05) is 6.54 Å². The van der Waals surface area contributed by atoms with Crippen molar-refractivity contribution in [1.82, 2.24) is 4.72 Å². The zero-order valence-corrected chi connectivity index (χ0v) is 16.3. The van der Waals surface area contributed by atoms with Crippen LogP contribution >= 0.6 is 0 Å². The van der Waals surface area contributed by atoms with E-state index in [0.29, 0.717) is 23.2 Å². The summed E-state index contributed by atoms with van der Waals surface area (Å²) in [6.45, 7) is 4.42. The third-order valence-electron chi connectivity index (χ3n) is 3.88. The van der Waals surface area contributed by atoms with E-state index in [1.165, 1.54) is 7.11 Å². The highest BCUT2D eigenvalue weighted by Gasteiger charge is 2.15. The number of sulfonamides is 1. The molecule has 0 atom stereocenters. The van der Waals surface area contributed by atoms with E-state index >= 15 is 0 Å². The van der Waals surface area contributed by atoms with E-state index in [9.17, 15) is 8.42 Å². The van der Waals surface area contributed by atoms with Crippen molar-refractivity contribution >= 4 is 10.0 Å². The molecule has 0 radical (unpaired) electrons. The standard InChI is InChI=1S/C19H25NO5S/c1-14(2)15-8-10-16(11-9-15)26(21,22)20-12-13-25-18-7-5-6-17(23-3)19(18)24-4/h5-11,14,20H,12-13H2,1-4H3. The molecule has 2 aromatic rings. The molecule has 1 N–H and O–H groups in total. The van der Waals surface area contributed by atoms with E-state index < -0.39 is 10.0 Å². The van der Waals surface area contributed by atoms with E-state index in [2.05, 4.69) is 18.6 Å². The van der Waals surface area contributed by atoms with Gasteiger partial charge in [0.2, 0.25) is 15.8 Å². The quantitative estimate of drug-likeness (QED) is 0.678. The molecule has 0 spiro atoms. The second-order valence-electron chi connectivity index (χ2n) is 5.96. The largest absolute Gasteiger partial charge is 0.493 e. The van der Waals surface area contributed by atoms with Crippen molar-refractivity contribution in [3.63, 3.8) is 0 Å². The maximum Gasteiger partial charge on any atom is 0.240 e. The Balaban J connectivity index is 1.95. The summed E-state index contributed by atoms with van der Waals surface area (Å²) >= 11 is 0. The smallest absolute Gasteiger partial charge is 0.240 e. The fourth-order valence-corrected chi connectivity index (χ4v) is 3.44. The molecule has 0 aromatic heterocycles. The van der Waals surface area contributed by atoms with Gasteiger partial charge in [-0.3, -0.25) is 0 Å². The number of hydrogen-bond acceptors (Lipinski definition) is 5. The van der Waals surface area contributed by atoms with Crippen LogP contribution in [0.3, 0.4) is 0 Å². The van der Waals surface area contributed by atoms with Gasteiger partial charge in [0.1, 0.15) is 6.61 Å². The van der Waals surface area contributed by atoms with Crippen LogP contribution in [0.4, 0.5) is 0 Å². The van der Waals surface area contributed by atoms with Gasteiger partial charge in [-0.1, -0.05) is 32.0 Å². The number of benzene rings is 2. The third-order valence-corrected chi connectivity index (χ3v) is 5.35. The summed E-state index contributed by atoms with van der Waals surface area (Å²) in [7, 11) is -0.508. The molecular formula is C19H25NO5S. The van der Waals surface area contributed by atoms with Crippen LogP contribution in [-0.4, -0.2) is 35.8 Å². The highest BCUT2D eigenvalue weighted by Crippen LogP contribution is 2.36. The predicted octanol–water partition coefficient (Wildman–Crippen LogP) is 3.18. The van der Waals surface area contributed by atoms with Crippen molar-refractivity contribution in [3.05, 3.63) is 48.0 Å². The molecule has 0 heterocycles. The molecule has 142 valence electrons. The Morgan fingerprint density at radius 1 is 0.962 bits per heavy atom. The Morgan fingerprint density at radius 3 is 2.19 bits per heavy atom. The Bertz CT molecular complexity index is 816. The number of ether oxygens (including phenoxy) is 3. The summed E-state index contributed by atoms with van der Waals surface area (Å²) < 4.78 is 43.3. The van der Waals surface area contributed by atoms with E-state index in [0.717, 1.165) is 5.56 Å². The summed E-state index contributed by atoms with van der Waals surface area (Å²) in [5, 5.41) is 0. The Kier molecular flexibility index (Phi) is 6.88. The summed E-state index contributed by atoms with van der Waals surface area (Å²) in [6.07, 6.45) is 0. The molecular weight excluding hydrogens is 354 g/mol. The summed E-state index contributed by atoms with van der Waals surface area (Å²) in [6, 6.07) is 12.2. The van der Waals surface area contributed by atoms with Gasteiger partial charge in [0.25, 0.3) is 0 Å². The van der Waals surface area contributed by atoms with Crippen molar-refractivity contribution in [3.8, 4) is 17.2 Å². The van der Waals surface area contributed by atoms with Crippen LogP contribution in [0.1, 0.15) is 25.3 Å². The van der Waals surface area contributed by atoms with E-state index in [1.807, 2.05) is 12.1 Å². The average molecular weight is 379 g/mol. The van der Waals surface area contributed by atoms with Crippen LogP contribution in [0.15, 0.2) is 47.4 Å². The van der Waals surface area contributed by atoms with Crippen LogP contribution < -0.4 is 18.9 Å². The molecule has 2 rings (SSSR count). The van der Waals surface area contributed by atoms with E-state index in [4.69, 9.17) is 14.2 Å². The number of methoxy groups -OCH3 is 2. The van der Waals surface area contributed by atoms with Crippen molar-refractivity contribution in [2.45, 2.75) is 24.7 Å². The first kappa shape index (κ1) is 20.1. The van der Waals surface area contributed by atoms with Gasteiger partial charge < -0.3 is 14.2 Å². The van der Waals surface area contributed by atoms with E-state index in [1.54, 1.807) is 37.4 Å². The zero-order valence-electron chi connectivity index (χ0n) is 15.5. The van der Waals surface area contributed by atoms with Crippen molar-refractivity contribution in [2.75, 3.05) is 27.4 Å². The van der Waals surface area contributed by atoms with Crippen LogP contribution in [0.5, 0.6) is 17.2 Å². The maximum absolute atomic E-state index is 12.3. The molecule has 0 saturated carbocycles. The van der Waals surface area contributed by atoms with Crippen molar-refractivity contribution in [2.24, 2.45) is 0 Å². The normalized spacial score (nSPS) is 11.4. The highest BCUT2D eigenvalue weighted by molar-refractivity contribution is 7.89. The molecule has 6 nitrogen and oxygen atoms in total. The first-order valence-corrected chi connectivity index (χ1v) is 9.80. The third kappa shape index (κ3) is 4.89. The minimum atomic E-state index is -3.57. The fraction of sp³-hybridized carbons (Fsp3) is 0.368. The number of rotatable bonds is 9. The Hall–Kier alpha value is -2.25. The van der Waals surface area contributed by atoms with Crippen LogP contribution in [-0.2, 0) is 10.0 Å². The molecule has 0 bridgehead atoms. The molecule has 0 fully saturated rings. The van der Waals surface area contributed by atoms with Gasteiger partial charge in [-0.25, -0.2) is 13.1 Å². The molecule has 7 heteroatoms. The van der Waals surface area contributed by atoms with Gasteiger partial charge in [-0.15, -0.1) is 0 Å². The van der Waals surface area contributed by atoms with Gasteiger partial charge in [0.15, 0.2) is 11.5 Å². The minimum absolute atomic E-state index is 0.134. The number of para-hydroxylation sites is 1. The molecule has 0 amide bonds. The summed E-state index contributed by atoms with van der Waals surface area (Å²) in [4.78, 5) is 0.237. The van der Waals surface area contributed by atoms with Crippen LogP contribution in [0.2, 0.25) is 0 Å². The first-order chi connectivity index (χ1) is 12.4. The Labute approximate surface area is 155 Å². The Morgan fingerprint density at radius 2 is 1.62 bits per heavy atom. The molecule has 0 unspecified atom stereocenters.